The summed E-state index contributed by atoms with van der Waals surface area (Å²) in [6.07, 6.45) is -8.33. The molecular weight excluding hydrogens is 777 g/mol. The number of benzene rings is 5. The highest BCUT2D eigenvalue weighted by Gasteiger charge is 2.54. The Morgan fingerprint density at radius 2 is 0.852 bits per heavy atom. The molecule has 0 aromatic heterocycles. The molecule has 0 bridgehead atoms. The van der Waals surface area contributed by atoms with E-state index >= 15 is 0 Å². The Hall–Kier alpha value is -4.60. The summed E-state index contributed by atoms with van der Waals surface area (Å²) in [4.78, 5) is 0. The van der Waals surface area contributed by atoms with E-state index in [4.69, 9.17) is 42.6 Å². The standard InChI is InChI=1S/C50H56O11/c1-2-28-54-49-47(57-33-39-24-14-6-15-25-39)45(43(52)41(29-51)59-49)61-50-48(58-34-40-26-16-7-17-27-40)46(56-32-38-22-12-5-13-23-38)44(55-31-37-20-10-4-11-21-37)42(60-50)35-53-30-36-18-8-3-9-19-36/h2-27,41-52H,1,28-35H2/t41?,42?,43-,44-,45?,46?,47?,48?,49+,50+/m1/s1. The second kappa shape index (κ2) is 23.6. The minimum Gasteiger partial charge on any atom is -0.394 e. The summed E-state index contributed by atoms with van der Waals surface area (Å²) in [5.74, 6) is 0. The average molecular weight is 833 g/mol. The van der Waals surface area contributed by atoms with Gasteiger partial charge in [0, 0.05) is 0 Å². The molecule has 6 unspecified atom stereocenters. The third kappa shape index (κ3) is 12.7. The van der Waals surface area contributed by atoms with Crippen molar-refractivity contribution in [2.45, 2.75) is 94.4 Å². The predicted molar refractivity (Wildman–Crippen MR) is 228 cm³/mol. The molecule has 0 spiro atoms. The molecule has 7 rings (SSSR count). The maximum atomic E-state index is 11.9. The second-order valence-electron chi connectivity index (χ2n) is 15.0. The molecule has 0 saturated carbocycles. The molecule has 11 heteroatoms. The van der Waals surface area contributed by atoms with Gasteiger partial charge in [0.1, 0.15) is 48.8 Å². The zero-order valence-electron chi connectivity index (χ0n) is 34.2. The van der Waals surface area contributed by atoms with E-state index < -0.39 is 68.0 Å². The van der Waals surface area contributed by atoms with Crippen LogP contribution in [0.5, 0.6) is 0 Å². The quantitative estimate of drug-likeness (QED) is 0.0706. The maximum Gasteiger partial charge on any atom is 0.187 e. The Balaban J connectivity index is 1.26. The second-order valence-corrected chi connectivity index (χ2v) is 15.0. The third-order valence-corrected chi connectivity index (χ3v) is 10.6. The van der Waals surface area contributed by atoms with Crippen molar-refractivity contribution < 1.29 is 52.8 Å². The highest BCUT2D eigenvalue weighted by molar-refractivity contribution is 5.17. The summed E-state index contributed by atoms with van der Waals surface area (Å²) in [7, 11) is 0. The topological polar surface area (TPSA) is 124 Å². The third-order valence-electron chi connectivity index (χ3n) is 10.6. The highest BCUT2D eigenvalue weighted by atomic mass is 16.8. The zero-order chi connectivity index (χ0) is 42.1. The van der Waals surface area contributed by atoms with Crippen molar-refractivity contribution >= 4 is 0 Å². The lowest BCUT2D eigenvalue weighted by molar-refractivity contribution is -0.374. The first kappa shape index (κ1) is 44.5. The van der Waals surface area contributed by atoms with Gasteiger partial charge in [-0.15, -0.1) is 6.58 Å². The highest BCUT2D eigenvalue weighted by Crippen LogP contribution is 2.36. The molecule has 2 fully saturated rings. The normalized spacial score (nSPS) is 26.5. The fourth-order valence-corrected chi connectivity index (χ4v) is 7.45. The number of ether oxygens (including phenoxy) is 9. The van der Waals surface area contributed by atoms with Crippen LogP contribution in [-0.2, 0) is 75.7 Å². The number of aliphatic hydroxyl groups is 2. The molecule has 2 aliphatic rings. The number of aliphatic hydroxyl groups excluding tert-OH is 2. The van der Waals surface area contributed by atoms with E-state index in [9.17, 15) is 10.2 Å². The van der Waals surface area contributed by atoms with Gasteiger partial charge < -0.3 is 52.8 Å². The Labute approximate surface area is 358 Å². The van der Waals surface area contributed by atoms with Gasteiger partial charge in [-0.05, 0) is 27.8 Å². The summed E-state index contributed by atoms with van der Waals surface area (Å²) >= 11 is 0. The molecule has 10 atom stereocenters. The van der Waals surface area contributed by atoms with E-state index in [0.717, 1.165) is 27.8 Å². The van der Waals surface area contributed by atoms with Gasteiger partial charge in [-0.3, -0.25) is 0 Å². The van der Waals surface area contributed by atoms with E-state index in [1.54, 1.807) is 6.08 Å². The Morgan fingerprint density at radius 1 is 0.459 bits per heavy atom. The first-order valence-electron chi connectivity index (χ1n) is 20.8. The van der Waals surface area contributed by atoms with Gasteiger partial charge in [0.25, 0.3) is 0 Å². The summed E-state index contributed by atoms with van der Waals surface area (Å²) in [5, 5.41) is 22.4. The van der Waals surface area contributed by atoms with E-state index in [1.165, 1.54) is 0 Å². The lowest BCUT2D eigenvalue weighted by Gasteiger charge is -2.49. The van der Waals surface area contributed by atoms with Gasteiger partial charge >= 0.3 is 0 Å². The molecule has 61 heavy (non-hydrogen) atoms. The zero-order valence-corrected chi connectivity index (χ0v) is 34.2. The van der Waals surface area contributed by atoms with Crippen LogP contribution >= 0.6 is 0 Å². The SMILES string of the molecule is C=CCO[C@H]1OC(CO)[C@@H](O)C(O[C@@H]2OC(COCc3ccccc3)[C@@H](OCc3ccccc3)C(OCc3ccccc3)C2OCc2ccccc2)C1OCc1ccccc1. The molecule has 2 heterocycles. The summed E-state index contributed by atoms with van der Waals surface area (Å²) in [6, 6.07) is 49.1. The molecule has 2 aliphatic heterocycles. The molecule has 0 amide bonds. The molecule has 0 aliphatic carbocycles. The van der Waals surface area contributed by atoms with Crippen LogP contribution in [0.25, 0.3) is 0 Å². The Kier molecular flexibility index (Phi) is 17.2. The van der Waals surface area contributed by atoms with Crippen molar-refractivity contribution in [3.05, 3.63) is 192 Å². The van der Waals surface area contributed by atoms with Gasteiger partial charge in [-0.25, -0.2) is 0 Å². The van der Waals surface area contributed by atoms with Crippen LogP contribution in [-0.4, -0.2) is 91.4 Å². The molecule has 322 valence electrons. The fraction of sp³-hybridized carbons (Fsp3) is 0.360. The van der Waals surface area contributed by atoms with E-state index in [2.05, 4.69) is 6.58 Å². The predicted octanol–water partition coefficient (Wildman–Crippen LogP) is 6.94. The van der Waals surface area contributed by atoms with Crippen molar-refractivity contribution in [3.8, 4) is 0 Å². The van der Waals surface area contributed by atoms with Gasteiger partial charge in [-0.2, -0.15) is 0 Å². The van der Waals surface area contributed by atoms with Gasteiger partial charge in [0.15, 0.2) is 12.6 Å². The fourth-order valence-electron chi connectivity index (χ4n) is 7.45. The minimum absolute atomic E-state index is 0.111. The minimum atomic E-state index is -1.36. The van der Waals surface area contributed by atoms with Gasteiger partial charge in [0.2, 0.25) is 0 Å². The van der Waals surface area contributed by atoms with Gasteiger partial charge in [0.05, 0.1) is 52.9 Å². The van der Waals surface area contributed by atoms with Crippen molar-refractivity contribution in [2.24, 2.45) is 0 Å². The van der Waals surface area contributed by atoms with Crippen LogP contribution in [0.1, 0.15) is 27.8 Å². The number of hydrogen-bond acceptors (Lipinski definition) is 11. The first-order chi connectivity index (χ1) is 30.1. The first-order valence-corrected chi connectivity index (χ1v) is 20.8. The van der Waals surface area contributed by atoms with Crippen LogP contribution in [0.15, 0.2) is 164 Å². The average Bonchev–Trinajstić information content (AvgIpc) is 3.31. The van der Waals surface area contributed by atoms with Crippen molar-refractivity contribution in [3.63, 3.8) is 0 Å². The van der Waals surface area contributed by atoms with Crippen molar-refractivity contribution in [2.75, 3.05) is 19.8 Å². The molecule has 11 nitrogen and oxygen atoms in total. The lowest BCUT2D eigenvalue weighted by atomic mass is 9.96. The summed E-state index contributed by atoms with van der Waals surface area (Å²) in [6.45, 7) is 4.71. The molecular formula is C50H56O11. The van der Waals surface area contributed by atoms with Crippen LogP contribution in [0.4, 0.5) is 0 Å². The molecule has 0 radical (unpaired) electrons. The number of hydrogen-bond donors (Lipinski definition) is 2. The molecule has 2 N–H and O–H groups in total. The summed E-state index contributed by atoms with van der Waals surface area (Å²) in [5.41, 5.74) is 4.74. The van der Waals surface area contributed by atoms with Crippen molar-refractivity contribution in [1.82, 2.24) is 0 Å². The van der Waals surface area contributed by atoms with E-state index in [0.29, 0.717) is 6.61 Å². The maximum absolute atomic E-state index is 11.9. The molecule has 5 aromatic rings. The molecule has 5 aromatic carbocycles. The lowest BCUT2D eigenvalue weighted by Crippen LogP contribution is -2.66. The van der Waals surface area contributed by atoms with Crippen LogP contribution in [0, 0.1) is 0 Å². The largest absolute Gasteiger partial charge is 0.394 e. The monoisotopic (exact) mass is 832 g/mol. The Morgan fingerprint density at radius 3 is 1.30 bits per heavy atom. The van der Waals surface area contributed by atoms with Gasteiger partial charge in [-0.1, -0.05) is 158 Å². The van der Waals surface area contributed by atoms with Crippen LogP contribution in [0.3, 0.4) is 0 Å². The van der Waals surface area contributed by atoms with Crippen LogP contribution in [0.2, 0.25) is 0 Å². The van der Waals surface area contributed by atoms with Crippen molar-refractivity contribution in [1.29, 1.82) is 0 Å². The smallest absolute Gasteiger partial charge is 0.187 e. The molecule has 2 saturated heterocycles. The van der Waals surface area contributed by atoms with E-state index in [-0.39, 0.29) is 39.6 Å². The Bertz CT molecular complexity index is 1960. The number of rotatable bonds is 22. The summed E-state index contributed by atoms with van der Waals surface area (Å²) < 4.78 is 59.5. The van der Waals surface area contributed by atoms with Crippen LogP contribution < -0.4 is 0 Å². The van der Waals surface area contributed by atoms with E-state index in [1.807, 2.05) is 152 Å².